The second kappa shape index (κ2) is 9.78. The van der Waals surface area contributed by atoms with Crippen LogP contribution in [0.1, 0.15) is 32.8 Å². The molecule has 32 heavy (non-hydrogen) atoms. The fourth-order valence-electron chi connectivity index (χ4n) is 3.55. The van der Waals surface area contributed by atoms with Gasteiger partial charge in [0.1, 0.15) is 11.4 Å². The van der Waals surface area contributed by atoms with E-state index in [1.54, 1.807) is 32.9 Å². The molecule has 0 unspecified atom stereocenters. The lowest BCUT2D eigenvalue weighted by Crippen LogP contribution is -2.39. The van der Waals surface area contributed by atoms with E-state index in [2.05, 4.69) is 10.3 Å². The van der Waals surface area contributed by atoms with Crippen LogP contribution in [-0.2, 0) is 25.8 Å². The van der Waals surface area contributed by atoms with E-state index in [4.69, 9.17) is 4.74 Å². The molecule has 0 bridgehead atoms. The molecule has 2 aliphatic rings. The quantitative estimate of drug-likeness (QED) is 0.660. The molecule has 0 aromatic heterocycles. The minimum absolute atomic E-state index is 0.00272. The Bertz CT molecular complexity index is 990. The molecule has 2 heterocycles. The van der Waals surface area contributed by atoms with Gasteiger partial charge in [-0.2, -0.15) is 4.99 Å². The van der Waals surface area contributed by atoms with Crippen molar-refractivity contribution in [3.05, 3.63) is 35.6 Å². The van der Waals surface area contributed by atoms with Gasteiger partial charge < -0.3 is 15.0 Å². The normalized spacial score (nSPS) is 23.2. The first-order chi connectivity index (χ1) is 14.9. The molecule has 176 valence electrons. The molecule has 0 spiro atoms. The summed E-state index contributed by atoms with van der Waals surface area (Å²) in [4.78, 5) is 30.2. The van der Waals surface area contributed by atoms with Gasteiger partial charge in [-0.25, -0.2) is 17.6 Å². The van der Waals surface area contributed by atoms with Crippen LogP contribution in [0.5, 0.6) is 0 Å². The van der Waals surface area contributed by atoms with Gasteiger partial charge in [-0.3, -0.25) is 4.79 Å². The lowest BCUT2D eigenvalue weighted by atomic mass is 10.1. The van der Waals surface area contributed by atoms with Crippen molar-refractivity contribution in [3.8, 4) is 0 Å². The molecule has 2 aliphatic heterocycles. The third kappa shape index (κ3) is 6.93. The highest BCUT2D eigenvalue weighted by Crippen LogP contribution is 2.38. The van der Waals surface area contributed by atoms with Crippen LogP contribution in [0.2, 0.25) is 0 Å². The van der Waals surface area contributed by atoms with Crippen molar-refractivity contribution in [1.82, 2.24) is 10.2 Å². The number of nitrogens with zero attached hydrogens (tertiary/aromatic N) is 2. The number of carbonyl (C=O) groups is 2. The summed E-state index contributed by atoms with van der Waals surface area (Å²) in [6.45, 7) is 5.81. The molecule has 1 aromatic carbocycles. The maximum atomic E-state index is 13.2. The number of carbonyl (C=O) groups excluding carboxylic acids is 2. The molecule has 2 atom stereocenters. The maximum Gasteiger partial charge on any atom is 0.407 e. The minimum atomic E-state index is -3.13. The Kier molecular flexibility index (Phi) is 7.49. The van der Waals surface area contributed by atoms with Crippen LogP contribution in [0.25, 0.3) is 0 Å². The van der Waals surface area contributed by atoms with E-state index in [1.165, 1.54) is 23.9 Å². The molecule has 3 rings (SSSR count). The van der Waals surface area contributed by atoms with Gasteiger partial charge >= 0.3 is 6.09 Å². The number of nitrogens with one attached hydrogen (secondary N) is 1. The minimum Gasteiger partial charge on any atom is -0.444 e. The zero-order valence-electron chi connectivity index (χ0n) is 18.3. The molecule has 0 radical (unpaired) electrons. The van der Waals surface area contributed by atoms with Gasteiger partial charge in [0.2, 0.25) is 5.91 Å². The number of fused-ring (bicyclic) bond motifs is 1. The van der Waals surface area contributed by atoms with E-state index >= 15 is 0 Å². The van der Waals surface area contributed by atoms with Crippen LogP contribution >= 0.6 is 11.8 Å². The summed E-state index contributed by atoms with van der Waals surface area (Å²) < 4.78 is 42.5. The number of benzene rings is 1. The van der Waals surface area contributed by atoms with Crippen molar-refractivity contribution in [1.29, 1.82) is 0 Å². The Hall–Kier alpha value is -2.14. The Morgan fingerprint density at radius 2 is 1.94 bits per heavy atom. The second-order valence-corrected chi connectivity index (χ2v) is 12.2. The predicted octanol–water partition coefficient (Wildman–Crippen LogP) is 2.38. The number of alkyl carbamates (subject to hydrolysis) is 1. The van der Waals surface area contributed by atoms with Crippen molar-refractivity contribution in [2.24, 2.45) is 4.99 Å². The van der Waals surface area contributed by atoms with Crippen molar-refractivity contribution >= 4 is 38.8 Å². The van der Waals surface area contributed by atoms with Crippen LogP contribution in [0.15, 0.2) is 29.3 Å². The average Bonchev–Trinajstić information content (AvgIpc) is 3.11. The lowest BCUT2D eigenvalue weighted by molar-refractivity contribution is -0.117. The van der Waals surface area contributed by atoms with Gasteiger partial charge in [-0.1, -0.05) is 23.9 Å². The number of hydrogen-bond donors (Lipinski definition) is 1. The number of rotatable bonds is 6. The number of halogens is 1. The average molecular weight is 486 g/mol. The summed E-state index contributed by atoms with van der Waals surface area (Å²) in [7, 11) is -3.13. The zero-order valence-corrected chi connectivity index (χ0v) is 20.0. The van der Waals surface area contributed by atoms with Crippen LogP contribution in [0, 0.1) is 5.82 Å². The fraction of sp³-hybridized carbons (Fsp3) is 0.571. The summed E-state index contributed by atoms with van der Waals surface area (Å²) in [6, 6.07) is 5.90. The molecule has 2 amide bonds. The van der Waals surface area contributed by atoms with Gasteiger partial charge in [0, 0.05) is 24.8 Å². The number of hydrogen-bond acceptors (Lipinski definition) is 6. The van der Waals surface area contributed by atoms with Crippen molar-refractivity contribution < 1.29 is 27.1 Å². The maximum absolute atomic E-state index is 13.2. The number of amides is 2. The Morgan fingerprint density at radius 1 is 1.25 bits per heavy atom. The summed E-state index contributed by atoms with van der Waals surface area (Å²) in [5.41, 5.74) is 0.283. The van der Waals surface area contributed by atoms with Crippen LogP contribution in [-0.4, -0.2) is 72.0 Å². The molecule has 1 aromatic rings. The fourth-order valence-corrected chi connectivity index (χ4v) is 7.54. The summed E-state index contributed by atoms with van der Waals surface area (Å²) in [5.74, 6) is -0.636. The van der Waals surface area contributed by atoms with E-state index in [0.29, 0.717) is 18.1 Å². The lowest BCUT2D eigenvalue weighted by Gasteiger charge is -2.24. The topological polar surface area (TPSA) is 105 Å². The zero-order chi connectivity index (χ0) is 23.5. The van der Waals surface area contributed by atoms with E-state index in [-0.39, 0.29) is 41.6 Å². The Morgan fingerprint density at radius 3 is 2.59 bits per heavy atom. The standard InChI is InChI=1S/C21H28FN3O5S2/c1-21(2,3)30-20(27)23-10-8-18(26)24-19-25(11-9-14-4-6-15(22)7-5-14)16-12-32(28,29)13-17(16)31-19/h4-7,16-17H,8-13H2,1-3H3,(H,23,27)/t16-,17+/m1/s1. The first-order valence-corrected chi connectivity index (χ1v) is 13.1. The van der Waals surface area contributed by atoms with Gasteiger partial charge in [0.25, 0.3) is 0 Å². The first-order valence-electron chi connectivity index (χ1n) is 10.4. The van der Waals surface area contributed by atoms with E-state index in [0.717, 1.165) is 5.56 Å². The molecule has 8 nitrogen and oxygen atoms in total. The third-order valence-electron chi connectivity index (χ3n) is 4.96. The van der Waals surface area contributed by atoms with Crippen molar-refractivity contribution in [2.75, 3.05) is 24.6 Å². The molecular weight excluding hydrogens is 457 g/mol. The predicted molar refractivity (Wildman–Crippen MR) is 122 cm³/mol. The third-order valence-corrected chi connectivity index (χ3v) is 8.20. The number of thioether (sulfide) groups is 1. The second-order valence-electron chi connectivity index (χ2n) is 8.84. The first kappa shape index (κ1) is 24.5. The monoisotopic (exact) mass is 485 g/mol. The Balaban J connectivity index is 1.62. The molecule has 0 aliphatic carbocycles. The smallest absolute Gasteiger partial charge is 0.407 e. The summed E-state index contributed by atoms with van der Waals surface area (Å²) in [6.07, 6.45) is -0.0332. The molecule has 11 heteroatoms. The Labute approximate surface area is 191 Å². The number of aliphatic imine (C=N–C) groups is 1. The van der Waals surface area contributed by atoms with E-state index < -0.39 is 27.4 Å². The van der Waals surface area contributed by atoms with Gasteiger partial charge in [-0.05, 0) is 44.9 Å². The number of ether oxygens (including phenoxy) is 1. The highest BCUT2D eigenvalue weighted by molar-refractivity contribution is 8.15. The number of amidine groups is 1. The van der Waals surface area contributed by atoms with Crippen molar-refractivity contribution in [2.45, 2.75) is 50.5 Å². The van der Waals surface area contributed by atoms with Gasteiger partial charge in [0.15, 0.2) is 15.0 Å². The van der Waals surface area contributed by atoms with Crippen molar-refractivity contribution in [3.63, 3.8) is 0 Å². The van der Waals surface area contributed by atoms with Crippen LogP contribution < -0.4 is 5.32 Å². The molecule has 0 saturated carbocycles. The SMILES string of the molecule is CC(C)(C)OC(=O)NCCC(=O)N=C1S[C@H]2CS(=O)(=O)C[C@H]2N1CCc1ccc(F)cc1. The summed E-state index contributed by atoms with van der Waals surface area (Å²) >= 11 is 1.31. The van der Waals surface area contributed by atoms with Crippen LogP contribution in [0.4, 0.5) is 9.18 Å². The largest absolute Gasteiger partial charge is 0.444 e. The highest BCUT2D eigenvalue weighted by atomic mass is 32.2. The van der Waals surface area contributed by atoms with E-state index in [9.17, 15) is 22.4 Å². The number of sulfone groups is 1. The van der Waals surface area contributed by atoms with Gasteiger partial charge in [-0.15, -0.1) is 0 Å². The molecular formula is C21H28FN3O5S2. The van der Waals surface area contributed by atoms with E-state index in [1.807, 2.05) is 4.90 Å². The molecule has 1 N–H and O–H groups in total. The highest BCUT2D eigenvalue weighted by Gasteiger charge is 2.48. The molecule has 2 saturated heterocycles. The van der Waals surface area contributed by atoms with Gasteiger partial charge in [0.05, 0.1) is 17.5 Å². The summed E-state index contributed by atoms with van der Waals surface area (Å²) in [5, 5.41) is 2.86. The van der Waals surface area contributed by atoms with Crippen LogP contribution in [0.3, 0.4) is 0 Å². The molecule has 2 fully saturated rings.